The number of pyridine rings is 1. The molecule has 0 aliphatic rings. The van der Waals surface area contributed by atoms with Crippen LogP contribution in [0.4, 0.5) is 0 Å². The number of halogens is 1. The summed E-state index contributed by atoms with van der Waals surface area (Å²) in [4.78, 5) is 4.20. The van der Waals surface area contributed by atoms with Gasteiger partial charge in [-0.3, -0.25) is 0 Å². The van der Waals surface area contributed by atoms with Gasteiger partial charge in [-0.1, -0.05) is 6.92 Å². The molecule has 0 saturated carbocycles. The maximum atomic E-state index is 5.54. The summed E-state index contributed by atoms with van der Waals surface area (Å²) >= 11 is 3.40. The fourth-order valence-electron chi connectivity index (χ4n) is 1.37. The van der Waals surface area contributed by atoms with Gasteiger partial charge in [-0.05, 0) is 34.6 Å². The number of hydrogen-bond donors (Lipinski definition) is 1. The van der Waals surface area contributed by atoms with Crippen LogP contribution < -0.4 is 5.32 Å². The van der Waals surface area contributed by atoms with Gasteiger partial charge in [0.1, 0.15) is 5.69 Å². The Morgan fingerprint density at radius 2 is 2.29 bits per heavy atom. The van der Waals surface area contributed by atoms with Gasteiger partial charge < -0.3 is 9.73 Å². The van der Waals surface area contributed by atoms with E-state index in [2.05, 4.69) is 43.4 Å². The van der Waals surface area contributed by atoms with Crippen LogP contribution in [0.3, 0.4) is 0 Å². The lowest BCUT2D eigenvalue weighted by atomic mass is 10.3. The number of hydrogen-bond acceptors (Lipinski definition) is 5. The Morgan fingerprint density at radius 1 is 1.41 bits per heavy atom. The Bertz CT molecular complexity index is 486. The van der Waals surface area contributed by atoms with E-state index in [1.54, 1.807) is 6.20 Å². The van der Waals surface area contributed by atoms with Crippen LogP contribution in [-0.4, -0.2) is 28.3 Å². The highest BCUT2D eigenvalue weighted by molar-refractivity contribution is 9.10. The molecule has 2 aromatic rings. The molecular formula is C11H13BrN4O. The van der Waals surface area contributed by atoms with E-state index in [-0.39, 0.29) is 0 Å². The monoisotopic (exact) mass is 296 g/mol. The van der Waals surface area contributed by atoms with Crippen molar-refractivity contribution in [2.24, 2.45) is 0 Å². The van der Waals surface area contributed by atoms with E-state index in [9.17, 15) is 0 Å². The van der Waals surface area contributed by atoms with Crippen LogP contribution in [0.25, 0.3) is 11.6 Å². The quantitative estimate of drug-likeness (QED) is 0.856. The molecule has 0 aliphatic heterocycles. The average molecular weight is 297 g/mol. The Balaban J connectivity index is 2.10. The summed E-state index contributed by atoms with van der Waals surface area (Å²) in [6.45, 7) is 3.83. The second-order valence-corrected chi connectivity index (χ2v) is 4.29. The Labute approximate surface area is 108 Å². The molecular weight excluding hydrogens is 284 g/mol. The first kappa shape index (κ1) is 12.2. The molecule has 0 amide bonds. The fourth-order valence-corrected chi connectivity index (χ4v) is 1.79. The van der Waals surface area contributed by atoms with Crippen molar-refractivity contribution in [2.75, 3.05) is 13.1 Å². The van der Waals surface area contributed by atoms with Crippen LogP contribution in [0.1, 0.15) is 12.8 Å². The van der Waals surface area contributed by atoms with Gasteiger partial charge in [0.25, 0.3) is 5.89 Å². The molecule has 0 saturated heterocycles. The first-order valence-electron chi connectivity index (χ1n) is 5.45. The van der Waals surface area contributed by atoms with E-state index in [4.69, 9.17) is 4.42 Å². The lowest BCUT2D eigenvalue weighted by Gasteiger charge is -1.97. The highest BCUT2D eigenvalue weighted by Gasteiger charge is 2.12. The summed E-state index contributed by atoms with van der Waals surface area (Å²) in [6, 6.07) is 3.74. The molecule has 2 rings (SSSR count). The van der Waals surface area contributed by atoms with Crippen LogP contribution in [-0.2, 0) is 6.42 Å². The van der Waals surface area contributed by atoms with Gasteiger partial charge in [0.05, 0.1) is 0 Å². The average Bonchev–Trinajstić information content (AvgIpc) is 2.79. The fraction of sp³-hybridized carbons (Fsp3) is 0.364. The standard InChI is InChI=1S/C11H13BrN4O/c1-2-13-7-5-9-15-16-11(17-9)10-8(12)4-3-6-14-10/h3-4,6,13H,2,5,7H2,1H3. The number of rotatable bonds is 5. The maximum Gasteiger partial charge on any atom is 0.267 e. The van der Waals surface area contributed by atoms with Crippen LogP contribution in [0, 0.1) is 0 Å². The number of nitrogens with zero attached hydrogens (tertiary/aromatic N) is 3. The van der Waals surface area contributed by atoms with Crippen molar-refractivity contribution >= 4 is 15.9 Å². The molecule has 0 aromatic carbocycles. The first-order valence-corrected chi connectivity index (χ1v) is 6.24. The van der Waals surface area contributed by atoms with E-state index in [0.717, 1.165) is 24.0 Å². The molecule has 0 spiro atoms. The topological polar surface area (TPSA) is 63.8 Å². The zero-order valence-corrected chi connectivity index (χ0v) is 11.1. The Kier molecular flexibility index (Phi) is 4.22. The number of likely N-dealkylation sites (N-methyl/N-ethyl adjacent to an activating group) is 1. The SMILES string of the molecule is CCNCCc1nnc(-c2ncccc2Br)o1. The summed E-state index contributed by atoms with van der Waals surface area (Å²) in [6.07, 6.45) is 2.42. The third-order valence-electron chi connectivity index (χ3n) is 2.19. The van der Waals surface area contributed by atoms with Crippen molar-refractivity contribution < 1.29 is 4.42 Å². The van der Waals surface area contributed by atoms with Crippen molar-refractivity contribution in [2.45, 2.75) is 13.3 Å². The molecule has 0 atom stereocenters. The molecule has 17 heavy (non-hydrogen) atoms. The van der Waals surface area contributed by atoms with E-state index in [1.165, 1.54) is 0 Å². The van der Waals surface area contributed by atoms with Crippen molar-refractivity contribution in [1.82, 2.24) is 20.5 Å². The highest BCUT2D eigenvalue weighted by Crippen LogP contribution is 2.24. The predicted octanol–water partition coefficient (Wildman–Crippen LogP) is 2.05. The zero-order valence-electron chi connectivity index (χ0n) is 9.48. The third-order valence-corrected chi connectivity index (χ3v) is 2.83. The van der Waals surface area contributed by atoms with E-state index < -0.39 is 0 Å². The lowest BCUT2D eigenvalue weighted by molar-refractivity contribution is 0.495. The van der Waals surface area contributed by atoms with Gasteiger partial charge in [-0.15, -0.1) is 10.2 Å². The Morgan fingerprint density at radius 3 is 3.06 bits per heavy atom. The molecule has 0 aliphatic carbocycles. The first-order chi connectivity index (χ1) is 8.31. The van der Waals surface area contributed by atoms with Crippen molar-refractivity contribution in [1.29, 1.82) is 0 Å². The van der Waals surface area contributed by atoms with E-state index in [1.807, 2.05) is 12.1 Å². The zero-order chi connectivity index (χ0) is 12.1. The molecule has 5 nitrogen and oxygen atoms in total. The normalized spacial score (nSPS) is 10.7. The van der Waals surface area contributed by atoms with Crippen molar-refractivity contribution in [3.63, 3.8) is 0 Å². The minimum Gasteiger partial charge on any atom is -0.419 e. The molecule has 2 heterocycles. The van der Waals surface area contributed by atoms with Crippen molar-refractivity contribution in [3.05, 3.63) is 28.7 Å². The van der Waals surface area contributed by atoms with Crippen LogP contribution in [0.15, 0.2) is 27.2 Å². The van der Waals surface area contributed by atoms with E-state index >= 15 is 0 Å². The summed E-state index contributed by atoms with van der Waals surface area (Å²) in [5.41, 5.74) is 0.676. The molecule has 0 bridgehead atoms. The second kappa shape index (κ2) is 5.88. The molecule has 6 heteroatoms. The predicted molar refractivity (Wildman–Crippen MR) is 67.5 cm³/mol. The van der Waals surface area contributed by atoms with E-state index in [0.29, 0.717) is 17.5 Å². The maximum absolute atomic E-state index is 5.54. The summed E-state index contributed by atoms with van der Waals surface area (Å²) in [5.74, 6) is 1.07. The minimum absolute atomic E-state index is 0.448. The lowest BCUT2D eigenvalue weighted by Crippen LogP contribution is -2.16. The molecule has 0 fully saturated rings. The smallest absolute Gasteiger partial charge is 0.267 e. The van der Waals surface area contributed by atoms with Gasteiger partial charge in [-0.25, -0.2) is 4.98 Å². The van der Waals surface area contributed by atoms with Gasteiger partial charge in [-0.2, -0.15) is 0 Å². The highest BCUT2D eigenvalue weighted by atomic mass is 79.9. The van der Waals surface area contributed by atoms with Gasteiger partial charge in [0, 0.05) is 23.6 Å². The molecule has 90 valence electrons. The molecule has 0 radical (unpaired) electrons. The van der Waals surface area contributed by atoms with Crippen LogP contribution >= 0.6 is 15.9 Å². The summed E-state index contributed by atoms with van der Waals surface area (Å²) in [5, 5.41) is 11.2. The summed E-state index contributed by atoms with van der Waals surface area (Å²) < 4.78 is 6.39. The Hall–Kier alpha value is -1.27. The largest absolute Gasteiger partial charge is 0.419 e. The third kappa shape index (κ3) is 3.10. The van der Waals surface area contributed by atoms with Crippen LogP contribution in [0.2, 0.25) is 0 Å². The number of aromatic nitrogens is 3. The second-order valence-electron chi connectivity index (χ2n) is 3.44. The molecule has 0 unspecified atom stereocenters. The minimum atomic E-state index is 0.448. The van der Waals surface area contributed by atoms with Crippen LogP contribution in [0.5, 0.6) is 0 Å². The van der Waals surface area contributed by atoms with Gasteiger partial charge in [0.2, 0.25) is 5.89 Å². The molecule has 2 aromatic heterocycles. The summed E-state index contributed by atoms with van der Waals surface area (Å²) in [7, 11) is 0. The van der Waals surface area contributed by atoms with Gasteiger partial charge >= 0.3 is 0 Å². The van der Waals surface area contributed by atoms with Crippen molar-refractivity contribution in [3.8, 4) is 11.6 Å². The van der Waals surface area contributed by atoms with Gasteiger partial charge in [0.15, 0.2) is 0 Å². The molecule has 1 N–H and O–H groups in total. The number of nitrogens with one attached hydrogen (secondary N) is 1.